The minimum absolute atomic E-state index is 0.0456. The third kappa shape index (κ3) is 2.99. The molecule has 1 aliphatic heterocycles. The monoisotopic (exact) mass is 314 g/mol. The molecule has 0 saturated heterocycles. The van der Waals surface area contributed by atoms with E-state index in [1.165, 1.54) is 11.3 Å². The van der Waals surface area contributed by atoms with Crippen LogP contribution in [0.25, 0.3) is 0 Å². The minimum atomic E-state index is -0.0456. The van der Waals surface area contributed by atoms with Crippen LogP contribution in [0, 0.1) is 0 Å². The number of pyridine rings is 1. The second kappa shape index (κ2) is 5.72. The van der Waals surface area contributed by atoms with Crippen molar-refractivity contribution in [2.75, 3.05) is 6.54 Å². The standard InChI is InChI=1S/C17H22N4S/c1-17(2,3)19-16(22)21-11-10-20-9-5-7-14(20)15(21)13-6-4-8-18-12-13/h4-9,12,15H,10-11H2,1-3H3,(H,19,22)/t15-/m1/s1. The maximum Gasteiger partial charge on any atom is 0.170 e. The van der Waals surface area contributed by atoms with Gasteiger partial charge in [0, 0.05) is 42.9 Å². The first-order valence-electron chi connectivity index (χ1n) is 7.59. The largest absolute Gasteiger partial charge is 0.358 e. The van der Waals surface area contributed by atoms with Crippen molar-refractivity contribution in [3.63, 3.8) is 0 Å². The van der Waals surface area contributed by atoms with Crippen LogP contribution in [0.5, 0.6) is 0 Å². The van der Waals surface area contributed by atoms with Crippen LogP contribution < -0.4 is 5.32 Å². The Morgan fingerprint density at radius 1 is 1.27 bits per heavy atom. The van der Waals surface area contributed by atoms with Crippen LogP contribution in [0.1, 0.15) is 38.1 Å². The van der Waals surface area contributed by atoms with E-state index in [0.717, 1.165) is 18.2 Å². The Bertz CT molecular complexity index is 657. The fourth-order valence-corrected chi connectivity index (χ4v) is 3.39. The molecule has 0 aliphatic carbocycles. The molecular formula is C17H22N4S. The van der Waals surface area contributed by atoms with Crippen molar-refractivity contribution in [2.24, 2.45) is 0 Å². The average Bonchev–Trinajstić information content (AvgIpc) is 2.93. The second-order valence-corrected chi connectivity index (χ2v) is 7.08. The van der Waals surface area contributed by atoms with Crippen LogP contribution >= 0.6 is 12.2 Å². The van der Waals surface area contributed by atoms with Crippen LogP contribution in [0.4, 0.5) is 0 Å². The number of rotatable bonds is 1. The van der Waals surface area contributed by atoms with Crippen molar-refractivity contribution in [2.45, 2.75) is 38.9 Å². The SMILES string of the molecule is CC(C)(C)NC(=S)N1CCn2cccc2[C@H]1c1cccnc1. The van der Waals surface area contributed by atoms with E-state index >= 15 is 0 Å². The smallest absolute Gasteiger partial charge is 0.170 e. The highest BCUT2D eigenvalue weighted by molar-refractivity contribution is 7.80. The molecule has 3 heterocycles. The lowest BCUT2D eigenvalue weighted by molar-refractivity contribution is 0.278. The molecule has 0 fully saturated rings. The molecule has 1 aliphatic rings. The molecule has 2 aromatic heterocycles. The highest BCUT2D eigenvalue weighted by Crippen LogP contribution is 2.32. The molecule has 4 nitrogen and oxygen atoms in total. The maximum atomic E-state index is 5.69. The van der Waals surface area contributed by atoms with Gasteiger partial charge in [-0.25, -0.2) is 0 Å². The van der Waals surface area contributed by atoms with Gasteiger partial charge in [-0.3, -0.25) is 4.98 Å². The molecule has 0 radical (unpaired) electrons. The summed E-state index contributed by atoms with van der Waals surface area (Å²) < 4.78 is 2.30. The Morgan fingerprint density at radius 2 is 2.09 bits per heavy atom. The number of thiocarbonyl (C=S) groups is 1. The summed E-state index contributed by atoms with van der Waals surface area (Å²) in [6.45, 7) is 8.23. The molecule has 0 amide bonds. The van der Waals surface area contributed by atoms with Crippen molar-refractivity contribution < 1.29 is 0 Å². The van der Waals surface area contributed by atoms with E-state index in [2.05, 4.69) is 64.9 Å². The minimum Gasteiger partial charge on any atom is -0.358 e. The summed E-state index contributed by atoms with van der Waals surface area (Å²) in [5, 5.41) is 4.24. The first kappa shape index (κ1) is 15.0. The number of hydrogen-bond acceptors (Lipinski definition) is 2. The molecule has 116 valence electrons. The van der Waals surface area contributed by atoms with E-state index in [1.807, 2.05) is 12.3 Å². The van der Waals surface area contributed by atoms with Gasteiger partial charge in [0.05, 0.1) is 6.04 Å². The molecule has 22 heavy (non-hydrogen) atoms. The topological polar surface area (TPSA) is 33.1 Å². The van der Waals surface area contributed by atoms with E-state index < -0.39 is 0 Å². The summed E-state index contributed by atoms with van der Waals surface area (Å²) in [6, 6.07) is 8.48. The third-order valence-corrected chi connectivity index (χ3v) is 4.12. The normalized spacial score (nSPS) is 18.0. The van der Waals surface area contributed by atoms with Gasteiger partial charge in [0.15, 0.2) is 5.11 Å². The zero-order chi connectivity index (χ0) is 15.7. The zero-order valence-corrected chi connectivity index (χ0v) is 14.1. The van der Waals surface area contributed by atoms with Gasteiger partial charge in [0.2, 0.25) is 0 Å². The van der Waals surface area contributed by atoms with Gasteiger partial charge in [-0.15, -0.1) is 0 Å². The van der Waals surface area contributed by atoms with Gasteiger partial charge >= 0.3 is 0 Å². The van der Waals surface area contributed by atoms with Gasteiger partial charge in [0.25, 0.3) is 0 Å². The van der Waals surface area contributed by atoms with E-state index in [-0.39, 0.29) is 11.6 Å². The summed E-state index contributed by atoms with van der Waals surface area (Å²) >= 11 is 5.69. The maximum absolute atomic E-state index is 5.69. The van der Waals surface area contributed by atoms with Gasteiger partial charge in [-0.2, -0.15) is 0 Å². The predicted octanol–water partition coefficient (Wildman–Crippen LogP) is 2.96. The highest BCUT2D eigenvalue weighted by Gasteiger charge is 2.31. The number of fused-ring (bicyclic) bond motifs is 1. The highest BCUT2D eigenvalue weighted by atomic mass is 32.1. The van der Waals surface area contributed by atoms with Crippen molar-refractivity contribution in [3.05, 3.63) is 54.1 Å². The lowest BCUT2D eigenvalue weighted by Gasteiger charge is -2.40. The number of nitrogens with zero attached hydrogens (tertiary/aromatic N) is 3. The van der Waals surface area contributed by atoms with Crippen molar-refractivity contribution in [1.29, 1.82) is 0 Å². The molecule has 1 atom stereocenters. The van der Waals surface area contributed by atoms with Gasteiger partial charge in [0.1, 0.15) is 0 Å². The van der Waals surface area contributed by atoms with E-state index in [1.54, 1.807) is 6.20 Å². The molecule has 2 aromatic rings. The summed E-state index contributed by atoms with van der Waals surface area (Å²) in [7, 11) is 0. The fourth-order valence-electron chi connectivity index (χ4n) is 2.88. The molecule has 0 saturated carbocycles. The summed E-state index contributed by atoms with van der Waals surface area (Å²) in [6.07, 6.45) is 5.87. The Labute approximate surface area is 137 Å². The number of aromatic nitrogens is 2. The van der Waals surface area contributed by atoms with Crippen molar-refractivity contribution in [3.8, 4) is 0 Å². The van der Waals surface area contributed by atoms with E-state index in [0.29, 0.717) is 0 Å². The molecule has 1 N–H and O–H groups in total. The number of nitrogens with one attached hydrogen (secondary N) is 1. The Balaban J connectivity index is 1.97. The Morgan fingerprint density at radius 3 is 2.77 bits per heavy atom. The fraction of sp³-hybridized carbons (Fsp3) is 0.412. The zero-order valence-electron chi connectivity index (χ0n) is 13.3. The lowest BCUT2D eigenvalue weighted by atomic mass is 10.0. The molecule has 0 aromatic carbocycles. The van der Waals surface area contributed by atoms with Crippen LogP contribution in [0.2, 0.25) is 0 Å². The van der Waals surface area contributed by atoms with E-state index in [4.69, 9.17) is 12.2 Å². The molecule has 3 rings (SSSR count). The van der Waals surface area contributed by atoms with Gasteiger partial charge in [-0.1, -0.05) is 6.07 Å². The van der Waals surface area contributed by atoms with Crippen LogP contribution in [0.3, 0.4) is 0 Å². The van der Waals surface area contributed by atoms with Crippen LogP contribution in [-0.2, 0) is 6.54 Å². The summed E-state index contributed by atoms with van der Waals surface area (Å²) in [5.41, 5.74) is 2.38. The van der Waals surface area contributed by atoms with Crippen LogP contribution in [-0.4, -0.2) is 31.6 Å². The van der Waals surface area contributed by atoms with Gasteiger partial charge < -0.3 is 14.8 Å². The average molecular weight is 314 g/mol. The molecule has 0 spiro atoms. The first-order valence-corrected chi connectivity index (χ1v) is 8.00. The lowest BCUT2D eigenvalue weighted by Crippen LogP contribution is -2.52. The third-order valence-electron chi connectivity index (χ3n) is 3.78. The number of hydrogen-bond donors (Lipinski definition) is 1. The van der Waals surface area contributed by atoms with Crippen molar-refractivity contribution in [1.82, 2.24) is 19.8 Å². The molecule has 5 heteroatoms. The summed E-state index contributed by atoms with van der Waals surface area (Å²) in [4.78, 5) is 6.56. The first-order chi connectivity index (χ1) is 10.5. The summed E-state index contributed by atoms with van der Waals surface area (Å²) in [5.74, 6) is 0. The molecule has 0 bridgehead atoms. The van der Waals surface area contributed by atoms with Crippen LogP contribution in [0.15, 0.2) is 42.9 Å². The van der Waals surface area contributed by atoms with Crippen molar-refractivity contribution >= 4 is 17.3 Å². The molecular weight excluding hydrogens is 292 g/mol. The quantitative estimate of drug-likeness (QED) is 0.821. The van der Waals surface area contributed by atoms with Gasteiger partial charge in [-0.05, 0) is 56.8 Å². The Hall–Kier alpha value is -1.88. The predicted molar refractivity (Wildman–Crippen MR) is 92.7 cm³/mol. The second-order valence-electron chi connectivity index (χ2n) is 6.69. The Kier molecular flexibility index (Phi) is 3.91. The van der Waals surface area contributed by atoms with E-state index in [9.17, 15) is 0 Å². The molecule has 0 unspecified atom stereocenters.